The van der Waals surface area contributed by atoms with Crippen LogP contribution in [0, 0.1) is 5.92 Å². The summed E-state index contributed by atoms with van der Waals surface area (Å²) in [4.78, 5) is 39.4. The number of amides is 2. The third-order valence-corrected chi connectivity index (χ3v) is 5.37. The maximum Gasteiger partial charge on any atom is 0.259 e. The van der Waals surface area contributed by atoms with Crippen LogP contribution in [0.3, 0.4) is 0 Å². The molecule has 0 unspecified atom stereocenters. The van der Waals surface area contributed by atoms with Crippen LogP contribution in [0.5, 0.6) is 0 Å². The molecule has 2 aliphatic heterocycles. The Morgan fingerprint density at radius 3 is 2.19 bits per heavy atom. The van der Waals surface area contributed by atoms with E-state index in [2.05, 4.69) is 21.0 Å². The molecule has 0 aliphatic carbocycles. The summed E-state index contributed by atoms with van der Waals surface area (Å²) >= 11 is 9.27. The van der Waals surface area contributed by atoms with E-state index in [0.717, 1.165) is 9.37 Å². The molecule has 0 aromatic heterocycles. The predicted octanol–water partition coefficient (Wildman–Crippen LogP) is 3.43. The molecule has 0 bridgehead atoms. The Bertz CT molecular complexity index is 988. The van der Waals surface area contributed by atoms with Gasteiger partial charge in [-0.3, -0.25) is 19.4 Å². The summed E-state index contributed by atoms with van der Waals surface area (Å²) in [5, 5.41) is 6.27. The number of rotatable bonds is 3. The molecule has 2 aromatic carbocycles. The highest BCUT2D eigenvalue weighted by atomic mass is 79.9. The molecular formula is C19H13BrClN3O3. The largest absolute Gasteiger partial charge is 0.293 e. The van der Waals surface area contributed by atoms with E-state index < -0.39 is 23.8 Å². The molecule has 2 aliphatic rings. The summed E-state index contributed by atoms with van der Waals surface area (Å²) in [7, 11) is 0. The standard InChI is InChI=1S/C19H13BrClN3O3/c1-10(25)16-15-17(24(22-16)14-6-2-11(20)3-7-14)19(27)23(18(15)26)13-8-4-12(21)5-9-13/h2-9,15,17H,1H3/t15-,17-/m1/s1. The fourth-order valence-electron chi connectivity index (χ4n) is 3.36. The van der Waals surface area contributed by atoms with Crippen LogP contribution < -0.4 is 9.91 Å². The minimum absolute atomic E-state index is 0.0951. The molecule has 27 heavy (non-hydrogen) atoms. The van der Waals surface area contributed by atoms with Gasteiger partial charge in [0.25, 0.3) is 5.91 Å². The van der Waals surface area contributed by atoms with E-state index in [4.69, 9.17) is 11.6 Å². The van der Waals surface area contributed by atoms with Gasteiger partial charge in [0.15, 0.2) is 5.78 Å². The molecule has 0 saturated carbocycles. The van der Waals surface area contributed by atoms with Crippen LogP contribution in [0.2, 0.25) is 5.02 Å². The lowest BCUT2D eigenvalue weighted by atomic mass is 9.95. The number of hydrogen-bond acceptors (Lipinski definition) is 5. The Morgan fingerprint density at radius 1 is 1.00 bits per heavy atom. The van der Waals surface area contributed by atoms with Crippen LogP contribution in [0.1, 0.15) is 6.92 Å². The number of anilines is 2. The van der Waals surface area contributed by atoms with E-state index in [1.165, 1.54) is 11.9 Å². The molecule has 2 atom stereocenters. The van der Waals surface area contributed by atoms with Crippen LogP contribution in [0.25, 0.3) is 0 Å². The molecule has 6 nitrogen and oxygen atoms in total. The first kappa shape index (κ1) is 17.9. The van der Waals surface area contributed by atoms with E-state index in [9.17, 15) is 14.4 Å². The fourth-order valence-corrected chi connectivity index (χ4v) is 3.75. The second-order valence-electron chi connectivity index (χ2n) is 6.27. The van der Waals surface area contributed by atoms with Crippen LogP contribution in [-0.2, 0) is 14.4 Å². The molecule has 4 rings (SSSR count). The van der Waals surface area contributed by atoms with E-state index in [1.54, 1.807) is 36.4 Å². The minimum atomic E-state index is -0.922. The maximum absolute atomic E-state index is 13.1. The molecule has 2 amide bonds. The topological polar surface area (TPSA) is 70.1 Å². The number of imide groups is 1. The fraction of sp³-hybridized carbons (Fsp3) is 0.158. The number of fused-ring (bicyclic) bond motifs is 1. The zero-order valence-electron chi connectivity index (χ0n) is 14.1. The number of halogens is 2. The third-order valence-electron chi connectivity index (χ3n) is 4.59. The van der Waals surface area contributed by atoms with Crippen molar-refractivity contribution in [3.63, 3.8) is 0 Å². The molecule has 1 saturated heterocycles. The van der Waals surface area contributed by atoms with Gasteiger partial charge in [-0.15, -0.1) is 0 Å². The Labute approximate surface area is 168 Å². The number of Topliss-reactive ketones (excluding diaryl/α,β-unsaturated/α-hetero) is 1. The highest BCUT2D eigenvalue weighted by molar-refractivity contribution is 9.10. The average Bonchev–Trinajstić information content (AvgIpc) is 3.15. The quantitative estimate of drug-likeness (QED) is 0.678. The van der Waals surface area contributed by atoms with Gasteiger partial charge in [0.1, 0.15) is 17.7 Å². The number of hydrazone groups is 1. The van der Waals surface area contributed by atoms with Crippen LogP contribution in [0.4, 0.5) is 11.4 Å². The van der Waals surface area contributed by atoms with Gasteiger partial charge in [-0.1, -0.05) is 27.5 Å². The summed E-state index contributed by atoms with van der Waals surface area (Å²) in [6.07, 6.45) is 0. The first-order valence-corrected chi connectivity index (χ1v) is 9.33. The van der Waals surface area contributed by atoms with Gasteiger partial charge >= 0.3 is 0 Å². The normalized spacial score (nSPS) is 21.5. The molecule has 2 aromatic rings. The lowest BCUT2D eigenvalue weighted by Gasteiger charge is -2.22. The van der Waals surface area contributed by atoms with Crippen LogP contribution >= 0.6 is 27.5 Å². The summed E-state index contributed by atoms with van der Waals surface area (Å²) in [5.74, 6) is -2.13. The number of carbonyl (C=O) groups is 3. The second-order valence-corrected chi connectivity index (χ2v) is 7.63. The smallest absolute Gasteiger partial charge is 0.259 e. The monoisotopic (exact) mass is 445 g/mol. The van der Waals surface area contributed by atoms with Crippen molar-refractivity contribution in [3.05, 3.63) is 58.0 Å². The average molecular weight is 447 g/mol. The summed E-state index contributed by atoms with van der Waals surface area (Å²) in [6.45, 7) is 1.35. The summed E-state index contributed by atoms with van der Waals surface area (Å²) in [6, 6.07) is 12.7. The van der Waals surface area contributed by atoms with Crippen molar-refractivity contribution in [1.29, 1.82) is 0 Å². The molecule has 1 fully saturated rings. The Hall–Kier alpha value is -2.51. The molecule has 0 radical (unpaired) electrons. The van der Waals surface area contributed by atoms with Crippen molar-refractivity contribution in [2.45, 2.75) is 13.0 Å². The first-order valence-electron chi connectivity index (χ1n) is 8.16. The Kier molecular flexibility index (Phi) is 4.36. The molecule has 136 valence electrons. The van der Waals surface area contributed by atoms with Crippen molar-refractivity contribution < 1.29 is 14.4 Å². The highest BCUT2D eigenvalue weighted by Gasteiger charge is 2.58. The number of nitrogens with zero attached hydrogens (tertiary/aromatic N) is 3. The van der Waals surface area contributed by atoms with Crippen LogP contribution in [0.15, 0.2) is 58.1 Å². The second kappa shape index (κ2) is 6.58. The zero-order valence-corrected chi connectivity index (χ0v) is 16.4. The summed E-state index contributed by atoms with van der Waals surface area (Å²) < 4.78 is 0.870. The van der Waals surface area contributed by atoms with E-state index in [0.29, 0.717) is 16.4 Å². The maximum atomic E-state index is 13.1. The third kappa shape index (κ3) is 2.87. The van der Waals surface area contributed by atoms with Crippen molar-refractivity contribution in [3.8, 4) is 0 Å². The van der Waals surface area contributed by atoms with Crippen molar-refractivity contribution >= 4 is 62.2 Å². The zero-order chi connectivity index (χ0) is 19.3. The number of benzene rings is 2. The van der Waals surface area contributed by atoms with E-state index in [-0.39, 0.29) is 11.5 Å². The molecule has 2 heterocycles. The van der Waals surface area contributed by atoms with Gasteiger partial charge in [-0.2, -0.15) is 5.10 Å². The number of ketones is 1. The predicted molar refractivity (Wildman–Crippen MR) is 106 cm³/mol. The van der Waals surface area contributed by atoms with Gasteiger partial charge < -0.3 is 0 Å². The van der Waals surface area contributed by atoms with E-state index >= 15 is 0 Å². The molecule has 8 heteroatoms. The number of hydrogen-bond donors (Lipinski definition) is 0. The van der Waals surface area contributed by atoms with Gasteiger partial charge in [0, 0.05) is 16.4 Å². The first-order chi connectivity index (χ1) is 12.9. The lowest BCUT2D eigenvalue weighted by molar-refractivity contribution is -0.122. The molecule has 0 N–H and O–H groups in total. The van der Waals surface area contributed by atoms with Crippen molar-refractivity contribution in [2.75, 3.05) is 9.91 Å². The Balaban J connectivity index is 1.79. The van der Waals surface area contributed by atoms with E-state index in [1.807, 2.05) is 12.1 Å². The van der Waals surface area contributed by atoms with Gasteiger partial charge in [0.2, 0.25) is 5.91 Å². The van der Waals surface area contributed by atoms with Crippen molar-refractivity contribution in [1.82, 2.24) is 0 Å². The Morgan fingerprint density at radius 2 is 1.59 bits per heavy atom. The lowest BCUT2D eigenvalue weighted by Crippen LogP contribution is -2.39. The summed E-state index contributed by atoms with van der Waals surface area (Å²) in [5.41, 5.74) is 1.14. The highest BCUT2D eigenvalue weighted by Crippen LogP contribution is 2.38. The molecule has 0 spiro atoms. The SMILES string of the molecule is CC(=O)C1=NN(c2ccc(Br)cc2)[C@H]2C(=O)N(c3ccc(Cl)cc3)C(=O)[C@H]12. The van der Waals surface area contributed by atoms with Gasteiger partial charge in [-0.05, 0) is 48.5 Å². The van der Waals surface area contributed by atoms with Gasteiger partial charge in [0.05, 0.1) is 11.4 Å². The van der Waals surface area contributed by atoms with Crippen molar-refractivity contribution in [2.24, 2.45) is 11.0 Å². The molecular weight excluding hydrogens is 434 g/mol. The van der Waals surface area contributed by atoms with Crippen LogP contribution in [-0.4, -0.2) is 29.4 Å². The minimum Gasteiger partial charge on any atom is -0.293 e. The van der Waals surface area contributed by atoms with Gasteiger partial charge in [-0.25, -0.2) is 4.90 Å². The number of carbonyl (C=O) groups excluding carboxylic acids is 3.